The second-order valence-electron chi connectivity index (χ2n) is 6.03. The first-order valence-corrected chi connectivity index (χ1v) is 8.41. The number of benzene rings is 2. The van der Waals surface area contributed by atoms with Gasteiger partial charge in [-0.1, -0.05) is 0 Å². The van der Waals surface area contributed by atoms with Gasteiger partial charge in [0.2, 0.25) is 0 Å². The second-order valence-corrected chi connectivity index (χ2v) is 6.03. The number of carbonyl (C=O) groups excluding carboxylic acids is 1. The SMILES string of the molecule is COc1cc(-c2oc(-c3ccc(O)c(OC)c3)c(C(=O)NO)c2C(=O)O)ccc1O. The fourth-order valence-corrected chi connectivity index (χ4v) is 2.95. The van der Waals surface area contributed by atoms with Crippen LogP contribution in [0, 0.1) is 0 Å². The number of aromatic hydroxyl groups is 2. The molecule has 0 fully saturated rings. The highest BCUT2D eigenvalue weighted by Gasteiger charge is 2.32. The van der Waals surface area contributed by atoms with Crippen LogP contribution in [0.5, 0.6) is 23.0 Å². The van der Waals surface area contributed by atoms with Crippen molar-refractivity contribution in [2.45, 2.75) is 0 Å². The zero-order valence-corrected chi connectivity index (χ0v) is 15.8. The Morgan fingerprint density at radius 3 is 1.73 bits per heavy atom. The molecule has 0 atom stereocenters. The molecule has 0 bridgehead atoms. The molecule has 3 aromatic rings. The summed E-state index contributed by atoms with van der Waals surface area (Å²) < 4.78 is 15.8. The van der Waals surface area contributed by atoms with E-state index in [4.69, 9.17) is 19.1 Å². The Bertz CT molecular complexity index is 1130. The predicted molar refractivity (Wildman–Crippen MR) is 102 cm³/mol. The van der Waals surface area contributed by atoms with Crippen LogP contribution in [0.1, 0.15) is 20.7 Å². The quantitative estimate of drug-likeness (QED) is 0.301. The molecule has 3 rings (SSSR count). The fraction of sp³-hybridized carbons (Fsp3) is 0.100. The Morgan fingerprint density at radius 1 is 0.867 bits per heavy atom. The number of rotatable bonds is 6. The first kappa shape index (κ1) is 20.6. The van der Waals surface area contributed by atoms with E-state index in [2.05, 4.69) is 0 Å². The summed E-state index contributed by atoms with van der Waals surface area (Å²) in [4.78, 5) is 24.4. The van der Waals surface area contributed by atoms with E-state index in [9.17, 15) is 24.9 Å². The average Bonchev–Trinajstić information content (AvgIpc) is 3.14. The minimum Gasteiger partial charge on any atom is -0.504 e. The van der Waals surface area contributed by atoms with Crippen molar-refractivity contribution in [1.29, 1.82) is 0 Å². The van der Waals surface area contributed by atoms with Crippen molar-refractivity contribution in [2.24, 2.45) is 0 Å². The number of phenols is 2. The number of hydroxylamine groups is 1. The lowest BCUT2D eigenvalue weighted by molar-refractivity contribution is 0.0664. The van der Waals surface area contributed by atoms with Gasteiger partial charge in [-0.25, -0.2) is 10.3 Å². The highest BCUT2D eigenvalue weighted by molar-refractivity contribution is 6.11. The van der Waals surface area contributed by atoms with Gasteiger partial charge < -0.3 is 29.2 Å². The number of amides is 1. The maximum atomic E-state index is 12.3. The van der Waals surface area contributed by atoms with Gasteiger partial charge in [0.25, 0.3) is 5.91 Å². The Labute approximate surface area is 169 Å². The molecule has 0 spiro atoms. The molecule has 0 saturated carbocycles. The lowest BCUT2D eigenvalue weighted by Gasteiger charge is -2.06. The van der Waals surface area contributed by atoms with Crippen molar-refractivity contribution < 1.29 is 44.0 Å². The van der Waals surface area contributed by atoms with Crippen LogP contribution >= 0.6 is 0 Å². The normalized spacial score (nSPS) is 10.5. The van der Waals surface area contributed by atoms with E-state index in [0.29, 0.717) is 0 Å². The van der Waals surface area contributed by atoms with Crippen LogP contribution < -0.4 is 15.0 Å². The van der Waals surface area contributed by atoms with Gasteiger partial charge in [0.05, 0.1) is 14.2 Å². The van der Waals surface area contributed by atoms with Gasteiger partial charge in [-0.2, -0.15) is 0 Å². The molecule has 0 saturated heterocycles. The van der Waals surface area contributed by atoms with Gasteiger partial charge in [-0.3, -0.25) is 10.0 Å². The Morgan fingerprint density at radius 2 is 1.33 bits per heavy atom. The Balaban J connectivity index is 2.35. The zero-order valence-electron chi connectivity index (χ0n) is 15.8. The smallest absolute Gasteiger partial charge is 0.340 e. The summed E-state index contributed by atoms with van der Waals surface area (Å²) in [5.74, 6) is -3.23. The number of hydrogen-bond acceptors (Lipinski definition) is 8. The first-order chi connectivity index (χ1) is 14.3. The molecule has 1 aromatic heterocycles. The molecule has 30 heavy (non-hydrogen) atoms. The monoisotopic (exact) mass is 415 g/mol. The number of hydrogen-bond donors (Lipinski definition) is 5. The van der Waals surface area contributed by atoms with Crippen LogP contribution in [0.25, 0.3) is 22.6 Å². The number of nitrogens with one attached hydrogen (secondary N) is 1. The highest BCUT2D eigenvalue weighted by Crippen LogP contribution is 2.41. The maximum Gasteiger partial charge on any atom is 0.340 e. The van der Waals surface area contributed by atoms with E-state index in [1.165, 1.54) is 56.1 Å². The number of aromatic carboxylic acids is 1. The van der Waals surface area contributed by atoms with E-state index >= 15 is 0 Å². The number of methoxy groups -OCH3 is 2. The number of carboxylic acids is 1. The Hall–Kier alpha value is -4.18. The molecule has 156 valence electrons. The van der Waals surface area contributed by atoms with Crippen molar-refractivity contribution in [3.63, 3.8) is 0 Å². The molecular weight excluding hydrogens is 398 g/mol. The van der Waals surface area contributed by atoms with E-state index in [1.807, 2.05) is 0 Å². The van der Waals surface area contributed by atoms with Gasteiger partial charge in [0.15, 0.2) is 23.0 Å². The largest absolute Gasteiger partial charge is 0.504 e. The lowest BCUT2D eigenvalue weighted by Crippen LogP contribution is -2.21. The van der Waals surface area contributed by atoms with Crippen LogP contribution in [-0.4, -0.2) is 46.6 Å². The summed E-state index contributed by atoms with van der Waals surface area (Å²) in [5.41, 5.74) is 0.865. The summed E-state index contributed by atoms with van der Waals surface area (Å²) in [7, 11) is 2.64. The third-order valence-corrected chi connectivity index (χ3v) is 4.33. The minimum absolute atomic E-state index is 0.0567. The first-order valence-electron chi connectivity index (χ1n) is 8.41. The van der Waals surface area contributed by atoms with Crippen LogP contribution in [0.4, 0.5) is 0 Å². The summed E-state index contributed by atoms with van der Waals surface area (Å²) in [6, 6.07) is 8.00. The van der Waals surface area contributed by atoms with Crippen molar-refractivity contribution in [2.75, 3.05) is 14.2 Å². The number of phenolic OH excluding ortho intramolecular Hbond substituents is 2. The topological polar surface area (TPSA) is 159 Å². The molecule has 0 aliphatic carbocycles. The van der Waals surface area contributed by atoms with E-state index in [0.717, 1.165) is 0 Å². The molecule has 10 nitrogen and oxygen atoms in total. The lowest BCUT2D eigenvalue weighted by atomic mass is 10.0. The summed E-state index contributed by atoms with van der Waals surface area (Å²) in [6.07, 6.45) is 0. The molecule has 0 unspecified atom stereocenters. The van der Waals surface area contributed by atoms with E-state index < -0.39 is 23.0 Å². The molecule has 10 heteroatoms. The molecule has 2 aromatic carbocycles. The zero-order chi connectivity index (χ0) is 22.0. The molecular formula is C20H17NO9. The molecule has 1 amide bonds. The maximum absolute atomic E-state index is 12.3. The third kappa shape index (κ3) is 3.47. The standard InChI is InChI=1S/C20H17NO9/c1-28-13-7-9(3-5-11(13)22)17-15(19(24)21-27)16(20(25)26)18(30-17)10-4-6-12(23)14(8-10)29-2/h3-8,22-23,27H,1-2H3,(H,21,24)(H,25,26). The van der Waals surface area contributed by atoms with Crippen LogP contribution in [0.2, 0.25) is 0 Å². The van der Waals surface area contributed by atoms with E-state index in [1.54, 1.807) is 0 Å². The molecule has 0 radical (unpaired) electrons. The molecule has 0 aliphatic heterocycles. The van der Waals surface area contributed by atoms with Crippen molar-refractivity contribution in [3.05, 3.63) is 47.5 Å². The summed E-state index contributed by atoms with van der Waals surface area (Å²) in [6.45, 7) is 0. The minimum atomic E-state index is -1.49. The van der Waals surface area contributed by atoms with Gasteiger partial charge >= 0.3 is 5.97 Å². The number of furan rings is 1. The van der Waals surface area contributed by atoms with Crippen molar-refractivity contribution in [3.8, 4) is 45.6 Å². The van der Waals surface area contributed by atoms with Gasteiger partial charge in [-0.05, 0) is 36.4 Å². The summed E-state index contributed by atoms with van der Waals surface area (Å²) in [5, 5.41) is 38.5. The van der Waals surface area contributed by atoms with Gasteiger partial charge in [0, 0.05) is 11.1 Å². The number of ether oxygens (including phenoxy) is 2. The van der Waals surface area contributed by atoms with Crippen molar-refractivity contribution >= 4 is 11.9 Å². The van der Waals surface area contributed by atoms with Gasteiger partial charge in [0.1, 0.15) is 22.6 Å². The second kappa shape index (κ2) is 8.05. The fourth-order valence-electron chi connectivity index (χ4n) is 2.95. The molecule has 0 aliphatic rings. The number of carbonyl (C=O) groups is 2. The summed E-state index contributed by atoms with van der Waals surface area (Å²) >= 11 is 0. The Kier molecular flexibility index (Phi) is 5.52. The van der Waals surface area contributed by atoms with Crippen LogP contribution in [0.3, 0.4) is 0 Å². The van der Waals surface area contributed by atoms with E-state index in [-0.39, 0.29) is 45.6 Å². The van der Waals surface area contributed by atoms with Gasteiger partial charge in [-0.15, -0.1) is 0 Å². The predicted octanol–water partition coefficient (Wildman–Crippen LogP) is 2.86. The molecule has 5 N–H and O–H groups in total. The average molecular weight is 415 g/mol. The highest BCUT2D eigenvalue weighted by atomic mass is 16.5. The third-order valence-electron chi connectivity index (χ3n) is 4.33. The number of carboxylic acid groups (broad SMARTS) is 1. The van der Waals surface area contributed by atoms with Crippen LogP contribution in [0.15, 0.2) is 40.8 Å². The van der Waals surface area contributed by atoms with Crippen molar-refractivity contribution in [1.82, 2.24) is 5.48 Å². The van der Waals surface area contributed by atoms with Crippen LogP contribution in [-0.2, 0) is 0 Å². The molecule has 1 heterocycles.